The molecular weight excluding hydrogens is 623 g/mol. The largest absolute Gasteiger partial charge is 0.410 e. The SMILES string of the molecule is C=CC[C@@H](C(=O)C(C)(C)[C@@H]1CCOC(C)(C)O1)C(O)[C@@H](C)CCC/C(C)=C\C[C@H](O[Si](C)(C)C(C)(C)C)c1ccc2sc(C)nc2c1. The van der Waals surface area contributed by atoms with Gasteiger partial charge >= 0.3 is 0 Å². The number of aryl methyl sites for hydroxylation is 1. The lowest BCUT2D eigenvalue weighted by Gasteiger charge is -2.44. The molecule has 0 radical (unpaired) electrons. The monoisotopic (exact) mass is 685 g/mol. The quantitative estimate of drug-likeness (QED) is 0.140. The molecule has 5 atom stereocenters. The number of rotatable bonds is 16. The van der Waals surface area contributed by atoms with Crippen LogP contribution in [-0.2, 0) is 18.7 Å². The number of ketones is 1. The molecule has 3 rings (SSSR count). The van der Waals surface area contributed by atoms with Crippen molar-refractivity contribution in [3.63, 3.8) is 0 Å². The van der Waals surface area contributed by atoms with Crippen LogP contribution in [0.2, 0.25) is 18.1 Å². The molecule has 1 aromatic heterocycles. The van der Waals surface area contributed by atoms with E-state index in [4.69, 9.17) is 18.9 Å². The number of nitrogens with zero attached hydrogens (tertiary/aromatic N) is 1. The van der Waals surface area contributed by atoms with Crippen LogP contribution in [-0.4, -0.2) is 48.8 Å². The summed E-state index contributed by atoms with van der Waals surface area (Å²) in [6.07, 6.45) is 7.66. The van der Waals surface area contributed by atoms with E-state index in [2.05, 4.69) is 85.5 Å². The molecule has 0 saturated carbocycles. The number of hydrogen-bond donors (Lipinski definition) is 1. The van der Waals surface area contributed by atoms with E-state index < -0.39 is 31.5 Å². The van der Waals surface area contributed by atoms with Crippen LogP contribution in [0.25, 0.3) is 10.2 Å². The van der Waals surface area contributed by atoms with Gasteiger partial charge in [0, 0.05) is 5.92 Å². The maximum atomic E-state index is 13.9. The van der Waals surface area contributed by atoms with Gasteiger partial charge in [-0.3, -0.25) is 4.79 Å². The third kappa shape index (κ3) is 10.4. The lowest BCUT2D eigenvalue weighted by Crippen LogP contribution is -2.52. The smallest absolute Gasteiger partial charge is 0.192 e. The molecule has 1 saturated heterocycles. The van der Waals surface area contributed by atoms with Crippen LogP contribution in [0.15, 0.2) is 42.5 Å². The van der Waals surface area contributed by atoms with Crippen molar-refractivity contribution in [2.24, 2.45) is 17.3 Å². The van der Waals surface area contributed by atoms with Gasteiger partial charge in [0.05, 0.1) is 45.6 Å². The van der Waals surface area contributed by atoms with Gasteiger partial charge in [0.1, 0.15) is 5.78 Å². The zero-order valence-electron chi connectivity index (χ0n) is 31.4. The third-order valence-corrected chi connectivity index (χ3v) is 15.9. The van der Waals surface area contributed by atoms with Gasteiger partial charge in [0.15, 0.2) is 14.1 Å². The molecular formula is C39H63NO5SSi. The maximum Gasteiger partial charge on any atom is 0.192 e. The van der Waals surface area contributed by atoms with Crippen LogP contribution in [0.3, 0.4) is 0 Å². The Bertz CT molecular complexity index is 1390. The van der Waals surface area contributed by atoms with E-state index in [1.807, 2.05) is 27.7 Å². The highest BCUT2D eigenvalue weighted by molar-refractivity contribution is 7.18. The molecule has 1 aliphatic heterocycles. The van der Waals surface area contributed by atoms with E-state index in [1.165, 1.54) is 15.8 Å². The summed E-state index contributed by atoms with van der Waals surface area (Å²) < 4.78 is 20.1. The number of carbonyl (C=O) groups is 1. The summed E-state index contributed by atoms with van der Waals surface area (Å²) in [7, 11) is -2.02. The zero-order valence-corrected chi connectivity index (χ0v) is 33.2. The molecule has 264 valence electrons. The average Bonchev–Trinajstić information content (AvgIpc) is 3.35. The van der Waals surface area contributed by atoms with E-state index >= 15 is 0 Å². The molecule has 8 heteroatoms. The van der Waals surface area contributed by atoms with Crippen LogP contribution in [0.1, 0.15) is 118 Å². The summed E-state index contributed by atoms with van der Waals surface area (Å²) in [4.78, 5) is 18.7. The van der Waals surface area contributed by atoms with Crippen molar-refractivity contribution in [1.29, 1.82) is 0 Å². The number of Topliss-reactive ketones (excluding diaryl/α,β-unsaturated/α-hetero) is 1. The van der Waals surface area contributed by atoms with Crippen molar-refractivity contribution in [1.82, 2.24) is 4.98 Å². The highest BCUT2D eigenvalue weighted by Gasteiger charge is 2.47. The topological polar surface area (TPSA) is 77.9 Å². The molecule has 0 spiro atoms. The Morgan fingerprint density at radius 3 is 2.53 bits per heavy atom. The first-order chi connectivity index (χ1) is 21.7. The second-order valence-corrected chi connectivity index (χ2v) is 22.3. The number of fused-ring (bicyclic) bond motifs is 1. The van der Waals surface area contributed by atoms with Gasteiger partial charge in [-0.25, -0.2) is 4.98 Å². The maximum absolute atomic E-state index is 13.9. The zero-order chi connectivity index (χ0) is 35.4. The van der Waals surface area contributed by atoms with Gasteiger partial charge in [-0.1, -0.05) is 65.3 Å². The molecule has 2 heterocycles. The molecule has 1 aromatic carbocycles. The van der Waals surface area contributed by atoms with Crippen LogP contribution in [0.4, 0.5) is 0 Å². The van der Waals surface area contributed by atoms with Gasteiger partial charge in [-0.05, 0) is 108 Å². The predicted molar refractivity (Wildman–Crippen MR) is 199 cm³/mol. The highest BCUT2D eigenvalue weighted by Crippen LogP contribution is 2.42. The molecule has 1 unspecified atom stereocenters. The molecule has 1 fully saturated rings. The summed E-state index contributed by atoms with van der Waals surface area (Å²) in [6, 6.07) is 6.60. The Balaban J connectivity index is 1.66. The second-order valence-electron chi connectivity index (χ2n) is 16.3. The van der Waals surface area contributed by atoms with E-state index in [-0.39, 0.29) is 28.9 Å². The molecule has 0 bridgehead atoms. The fourth-order valence-electron chi connectivity index (χ4n) is 6.30. The van der Waals surface area contributed by atoms with E-state index in [1.54, 1.807) is 17.4 Å². The molecule has 6 nitrogen and oxygen atoms in total. The normalized spacial score (nSPS) is 20.5. The molecule has 0 aliphatic carbocycles. The second kappa shape index (κ2) is 15.9. The number of aliphatic hydroxyl groups is 1. The number of thiazole rings is 1. The summed E-state index contributed by atoms with van der Waals surface area (Å²) in [5.74, 6) is -1.23. The standard InChI is InChI=1S/C39H63NO5SSi/c1-14-16-30(36(42)38(8,9)34-23-24-43-39(10,11)44-34)35(41)27(3)18-15-17-26(2)19-21-32(45-47(12,13)37(5,6)7)29-20-22-33-31(25-29)40-28(4)46-33/h14,19-20,22,25,27,30,32,34-35,41H,1,15-18,21,23-24H2,2-13H3/b26-19-/t27-,30+,32-,34-,35?/m0/s1. The van der Waals surface area contributed by atoms with E-state index in [0.29, 0.717) is 19.4 Å². The van der Waals surface area contributed by atoms with Gasteiger partial charge in [-0.2, -0.15) is 0 Å². The Hall–Kier alpha value is -1.68. The molecule has 2 aromatic rings. The van der Waals surface area contributed by atoms with E-state index in [9.17, 15) is 9.90 Å². The van der Waals surface area contributed by atoms with Crippen molar-refractivity contribution < 1.29 is 23.8 Å². The lowest BCUT2D eigenvalue weighted by atomic mass is 9.71. The van der Waals surface area contributed by atoms with Crippen LogP contribution < -0.4 is 0 Å². The van der Waals surface area contributed by atoms with Crippen molar-refractivity contribution in [3.8, 4) is 0 Å². The average molecular weight is 686 g/mol. The van der Waals surface area contributed by atoms with Crippen LogP contribution in [0.5, 0.6) is 0 Å². The summed E-state index contributed by atoms with van der Waals surface area (Å²) in [5, 5.41) is 12.7. The van der Waals surface area contributed by atoms with Gasteiger partial charge in [0.2, 0.25) is 0 Å². The predicted octanol–water partition coefficient (Wildman–Crippen LogP) is 10.5. The minimum absolute atomic E-state index is 0.0255. The van der Waals surface area contributed by atoms with E-state index in [0.717, 1.165) is 36.2 Å². The number of aliphatic hydroxyl groups excluding tert-OH is 1. The number of ether oxygens (including phenoxy) is 2. The summed E-state index contributed by atoms with van der Waals surface area (Å²) in [6.45, 7) is 29.9. The minimum Gasteiger partial charge on any atom is -0.410 e. The number of allylic oxidation sites excluding steroid dienone is 2. The first kappa shape index (κ1) is 39.8. The minimum atomic E-state index is -2.02. The number of carbonyl (C=O) groups excluding carboxylic acids is 1. The van der Waals surface area contributed by atoms with Gasteiger partial charge in [0.25, 0.3) is 0 Å². The Morgan fingerprint density at radius 1 is 1.23 bits per heavy atom. The van der Waals surface area contributed by atoms with Crippen molar-refractivity contribution in [2.75, 3.05) is 6.61 Å². The molecule has 1 N–H and O–H groups in total. The van der Waals surface area contributed by atoms with Gasteiger partial charge in [-0.15, -0.1) is 17.9 Å². The number of hydrogen-bond acceptors (Lipinski definition) is 7. The molecule has 1 aliphatic rings. The highest BCUT2D eigenvalue weighted by atomic mass is 32.1. The Kier molecular flexibility index (Phi) is 13.4. The molecule has 47 heavy (non-hydrogen) atoms. The third-order valence-electron chi connectivity index (χ3n) is 10.5. The lowest BCUT2D eigenvalue weighted by molar-refractivity contribution is -0.289. The first-order valence-electron chi connectivity index (χ1n) is 17.5. The van der Waals surface area contributed by atoms with Crippen molar-refractivity contribution >= 4 is 35.7 Å². The number of benzene rings is 1. The van der Waals surface area contributed by atoms with Crippen molar-refractivity contribution in [2.45, 2.75) is 150 Å². The summed E-state index contributed by atoms with van der Waals surface area (Å²) >= 11 is 1.73. The van der Waals surface area contributed by atoms with Crippen molar-refractivity contribution in [3.05, 3.63) is 53.1 Å². The Labute approximate surface area is 290 Å². The van der Waals surface area contributed by atoms with Crippen LogP contribution >= 0.6 is 11.3 Å². The molecule has 0 amide bonds. The van der Waals surface area contributed by atoms with Crippen LogP contribution in [0, 0.1) is 24.2 Å². The first-order valence-corrected chi connectivity index (χ1v) is 21.3. The van der Waals surface area contributed by atoms with Gasteiger partial charge < -0.3 is 19.0 Å². The fourth-order valence-corrected chi connectivity index (χ4v) is 8.40. The Morgan fingerprint density at radius 2 is 1.91 bits per heavy atom. The summed E-state index contributed by atoms with van der Waals surface area (Å²) in [5.41, 5.74) is 2.80. The fraction of sp³-hybridized carbons (Fsp3) is 0.692. The number of aromatic nitrogens is 1.